The molecule has 3 aromatic rings. The molecule has 0 bridgehead atoms. The Kier molecular flexibility index (Phi) is 7.92. The molecular weight excluding hydrogens is 523 g/mol. The fourth-order valence-corrected chi connectivity index (χ4v) is 4.10. The molecule has 10 heteroatoms. The summed E-state index contributed by atoms with van der Waals surface area (Å²) in [6.45, 7) is 8.49. The molecule has 0 N–H and O–H groups in total. The van der Waals surface area contributed by atoms with Crippen LogP contribution in [0.4, 0.5) is 24.5 Å². The van der Waals surface area contributed by atoms with Gasteiger partial charge in [0.15, 0.2) is 5.60 Å². The molecule has 1 heterocycles. The molecule has 1 aliphatic rings. The zero-order valence-corrected chi connectivity index (χ0v) is 23.1. The maximum Gasteiger partial charge on any atom is 0.416 e. The quantitative estimate of drug-likeness (QED) is 0.285. The van der Waals surface area contributed by atoms with E-state index in [1.54, 1.807) is 58.9 Å². The van der Waals surface area contributed by atoms with Gasteiger partial charge in [-0.05, 0) is 89.4 Å². The molecule has 7 nitrogen and oxygen atoms in total. The van der Waals surface area contributed by atoms with Crippen molar-refractivity contribution in [3.8, 4) is 5.75 Å². The number of carbonyl (C=O) groups excluding carboxylic acids is 2. The SMILES string of the molecule is CC(C)(C)OC(=O)C(C)(C)Oc1cccc(CC(=O)N(c2ccc(C(F)(F)F)cc2)c2cncnc2C2CC2)c1. The summed E-state index contributed by atoms with van der Waals surface area (Å²) in [5.74, 6) is -0.398. The Hall–Kier alpha value is -3.95. The van der Waals surface area contributed by atoms with E-state index in [1.165, 1.54) is 29.6 Å². The molecule has 212 valence electrons. The summed E-state index contributed by atoms with van der Waals surface area (Å²) in [7, 11) is 0. The number of anilines is 2. The number of amides is 1. The van der Waals surface area contributed by atoms with Crippen LogP contribution in [0.5, 0.6) is 5.75 Å². The molecule has 0 aliphatic heterocycles. The number of benzene rings is 2. The number of aromatic nitrogens is 2. The fourth-order valence-electron chi connectivity index (χ4n) is 4.10. The zero-order chi connectivity index (χ0) is 29.3. The molecular formula is C30H32F3N3O4. The van der Waals surface area contributed by atoms with Gasteiger partial charge in [-0.25, -0.2) is 14.8 Å². The Morgan fingerprint density at radius 3 is 2.27 bits per heavy atom. The predicted molar refractivity (Wildman–Crippen MR) is 143 cm³/mol. The number of hydrogen-bond donors (Lipinski definition) is 0. The van der Waals surface area contributed by atoms with E-state index in [2.05, 4.69) is 9.97 Å². The van der Waals surface area contributed by atoms with E-state index in [1.807, 2.05) is 0 Å². The summed E-state index contributed by atoms with van der Waals surface area (Å²) >= 11 is 0. The van der Waals surface area contributed by atoms with Crippen molar-refractivity contribution >= 4 is 23.3 Å². The highest BCUT2D eigenvalue weighted by Crippen LogP contribution is 2.44. The Morgan fingerprint density at radius 1 is 1.00 bits per heavy atom. The number of carbonyl (C=O) groups is 2. The second-order valence-electron chi connectivity index (χ2n) is 11.3. The molecule has 1 saturated carbocycles. The highest BCUT2D eigenvalue weighted by Gasteiger charge is 2.36. The number of alkyl halides is 3. The average molecular weight is 556 g/mol. The second-order valence-corrected chi connectivity index (χ2v) is 11.3. The number of nitrogens with zero attached hydrogens (tertiary/aromatic N) is 3. The van der Waals surface area contributed by atoms with Crippen LogP contribution in [0.15, 0.2) is 61.1 Å². The van der Waals surface area contributed by atoms with E-state index < -0.39 is 28.9 Å². The van der Waals surface area contributed by atoms with Gasteiger partial charge < -0.3 is 9.47 Å². The summed E-state index contributed by atoms with van der Waals surface area (Å²) in [6, 6.07) is 11.2. The highest BCUT2D eigenvalue weighted by molar-refractivity contribution is 6.02. The van der Waals surface area contributed by atoms with Gasteiger partial charge >= 0.3 is 12.1 Å². The first-order valence-corrected chi connectivity index (χ1v) is 13.0. The van der Waals surface area contributed by atoms with E-state index in [0.717, 1.165) is 25.0 Å². The Balaban J connectivity index is 1.62. The zero-order valence-electron chi connectivity index (χ0n) is 23.1. The molecule has 0 radical (unpaired) electrons. The molecule has 1 aromatic heterocycles. The van der Waals surface area contributed by atoms with Gasteiger partial charge in [-0.1, -0.05) is 12.1 Å². The van der Waals surface area contributed by atoms with E-state index in [9.17, 15) is 22.8 Å². The molecule has 0 spiro atoms. The van der Waals surface area contributed by atoms with Crippen LogP contribution < -0.4 is 9.64 Å². The van der Waals surface area contributed by atoms with Gasteiger partial charge in [0.05, 0.1) is 29.6 Å². The van der Waals surface area contributed by atoms with Gasteiger partial charge in [0, 0.05) is 11.6 Å². The third-order valence-electron chi connectivity index (χ3n) is 6.15. The van der Waals surface area contributed by atoms with Crippen molar-refractivity contribution in [2.75, 3.05) is 4.90 Å². The number of halogens is 3. The summed E-state index contributed by atoms with van der Waals surface area (Å²) in [4.78, 5) is 36.3. The van der Waals surface area contributed by atoms with E-state index >= 15 is 0 Å². The largest absolute Gasteiger partial charge is 0.476 e. The maximum absolute atomic E-state index is 13.8. The van der Waals surface area contributed by atoms with Crippen LogP contribution >= 0.6 is 0 Å². The smallest absolute Gasteiger partial charge is 0.416 e. The molecule has 1 fully saturated rings. The first kappa shape index (κ1) is 29.0. The van der Waals surface area contributed by atoms with Crippen LogP contribution in [0, 0.1) is 0 Å². The minimum Gasteiger partial charge on any atom is -0.476 e. The number of esters is 1. The van der Waals surface area contributed by atoms with Crippen LogP contribution in [0.2, 0.25) is 0 Å². The standard InChI is InChI=1S/C30H32F3N3O4/c1-28(2,3)40-27(38)29(4,5)39-23-8-6-7-19(15-23)16-25(37)36(22-13-11-21(12-14-22)30(31,32)33)24-17-34-18-35-26(24)20-9-10-20/h6-8,11-15,17-18,20H,9-10,16H2,1-5H3. The summed E-state index contributed by atoms with van der Waals surface area (Å²) in [5, 5.41) is 0. The van der Waals surface area contributed by atoms with Crippen molar-refractivity contribution < 1.29 is 32.2 Å². The van der Waals surface area contributed by atoms with Crippen LogP contribution in [0.3, 0.4) is 0 Å². The van der Waals surface area contributed by atoms with E-state index in [-0.39, 0.29) is 23.9 Å². The molecule has 4 rings (SSSR count). The molecule has 1 aliphatic carbocycles. The summed E-state index contributed by atoms with van der Waals surface area (Å²) < 4.78 is 51.0. The maximum atomic E-state index is 13.8. The van der Waals surface area contributed by atoms with Crippen molar-refractivity contribution in [1.82, 2.24) is 9.97 Å². The van der Waals surface area contributed by atoms with Gasteiger partial charge in [-0.2, -0.15) is 13.2 Å². The highest BCUT2D eigenvalue weighted by atomic mass is 19.4. The monoisotopic (exact) mass is 555 g/mol. The fraction of sp³-hybridized carbons (Fsp3) is 0.400. The van der Waals surface area contributed by atoms with Crippen molar-refractivity contribution in [3.05, 3.63) is 77.9 Å². The third kappa shape index (κ3) is 7.16. The van der Waals surface area contributed by atoms with Crippen LogP contribution in [-0.4, -0.2) is 33.0 Å². The Labute approximate surface area is 231 Å². The summed E-state index contributed by atoms with van der Waals surface area (Å²) in [6.07, 6.45) is 0.136. The Morgan fingerprint density at radius 2 is 1.68 bits per heavy atom. The Bertz CT molecular complexity index is 1380. The lowest BCUT2D eigenvalue weighted by Gasteiger charge is -2.29. The minimum atomic E-state index is -4.50. The van der Waals surface area contributed by atoms with Gasteiger partial charge in [0.2, 0.25) is 5.91 Å². The van der Waals surface area contributed by atoms with Gasteiger partial charge in [-0.15, -0.1) is 0 Å². The lowest BCUT2D eigenvalue weighted by Crippen LogP contribution is -2.43. The van der Waals surface area contributed by atoms with Crippen LogP contribution in [0.1, 0.15) is 70.2 Å². The number of hydrogen-bond acceptors (Lipinski definition) is 6. The normalized spacial score (nSPS) is 14.0. The van der Waals surface area contributed by atoms with Gasteiger partial charge in [-0.3, -0.25) is 9.69 Å². The van der Waals surface area contributed by atoms with Crippen molar-refractivity contribution in [2.24, 2.45) is 0 Å². The average Bonchev–Trinajstić information content (AvgIpc) is 3.69. The predicted octanol–water partition coefficient (Wildman–Crippen LogP) is 6.78. The number of ether oxygens (including phenoxy) is 2. The topological polar surface area (TPSA) is 81.6 Å². The minimum absolute atomic E-state index is 0.0932. The summed E-state index contributed by atoms with van der Waals surface area (Å²) in [5.41, 5.74) is -0.811. The molecule has 0 saturated heterocycles. The van der Waals surface area contributed by atoms with Crippen molar-refractivity contribution in [1.29, 1.82) is 0 Å². The van der Waals surface area contributed by atoms with E-state index in [0.29, 0.717) is 22.7 Å². The second kappa shape index (κ2) is 10.9. The molecule has 2 aromatic carbocycles. The van der Waals surface area contributed by atoms with Crippen LogP contribution in [-0.2, 0) is 26.9 Å². The first-order chi connectivity index (χ1) is 18.6. The molecule has 0 unspecified atom stereocenters. The first-order valence-electron chi connectivity index (χ1n) is 13.0. The third-order valence-corrected chi connectivity index (χ3v) is 6.15. The lowest BCUT2D eigenvalue weighted by molar-refractivity contribution is -0.171. The number of rotatable bonds is 8. The lowest BCUT2D eigenvalue weighted by atomic mass is 10.1. The molecule has 0 atom stereocenters. The van der Waals surface area contributed by atoms with Crippen molar-refractivity contribution in [3.63, 3.8) is 0 Å². The van der Waals surface area contributed by atoms with Crippen LogP contribution in [0.25, 0.3) is 0 Å². The molecule has 1 amide bonds. The van der Waals surface area contributed by atoms with Gasteiger partial charge in [0.1, 0.15) is 17.7 Å². The van der Waals surface area contributed by atoms with Gasteiger partial charge in [0.25, 0.3) is 0 Å². The van der Waals surface area contributed by atoms with Crippen molar-refractivity contribution in [2.45, 2.75) is 77.2 Å². The molecule has 40 heavy (non-hydrogen) atoms. The van der Waals surface area contributed by atoms with E-state index in [4.69, 9.17) is 9.47 Å².